The molecule has 0 aliphatic carbocycles. The molecule has 0 atom stereocenters. The molecule has 88 valence electrons. The maximum Gasteiger partial charge on any atom is 0.356 e. The highest BCUT2D eigenvalue weighted by Crippen LogP contribution is 2.12. The van der Waals surface area contributed by atoms with Gasteiger partial charge in [0, 0.05) is 19.3 Å². The number of rotatable bonds is 7. The molecule has 0 saturated heterocycles. The van der Waals surface area contributed by atoms with E-state index in [9.17, 15) is 4.79 Å². The highest BCUT2D eigenvalue weighted by atomic mass is 16.4. The highest BCUT2D eigenvalue weighted by molar-refractivity contribution is 5.91. The second kappa shape index (κ2) is 6.79. The van der Waals surface area contributed by atoms with Crippen LogP contribution in [0.15, 0.2) is 18.3 Å². The van der Waals surface area contributed by atoms with Crippen LogP contribution in [0.1, 0.15) is 29.8 Å². The third-order valence-corrected chi connectivity index (χ3v) is 2.16. The first-order valence-corrected chi connectivity index (χ1v) is 5.28. The van der Waals surface area contributed by atoms with Crippen molar-refractivity contribution in [3.05, 3.63) is 24.0 Å². The Balaban J connectivity index is 2.44. The number of carboxylic acid groups (broad SMARTS) is 1. The number of aromatic carboxylic acids is 1. The average molecular weight is 224 g/mol. The van der Waals surface area contributed by atoms with Crippen molar-refractivity contribution < 1.29 is 15.0 Å². The zero-order valence-electron chi connectivity index (χ0n) is 9.02. The Labute approximate surface area is 94.1 Å². The number of carboxylic acids is 1. The highest BCUT2D eigenvalue weighted by Gasteiger charge is 2.09. The van der Waals surface area contributed by atoms with Crippen molar-refractivity contribution in [2.24, 2.45) is 0 Å². The fourth-order valence-corrected chi connectivity index (χ4v) is 1.36. The minimum Gasteiger partial charge on any atom is -0.476 e. The molecule has 0 amide bonds. The molecule has 0 spiro atoms. The monoisotopic (exact) mass is 224 g/mol. The van der Waals surface area contributed by atoms with Crippen LogP contribution in [0, 0.1) is 0 Å². The molecule has 0 aromatic carbocycles. The summed E-state index contributed by atoms with van der Waals surface area (Å²) in [5.74, 6) is -1.03. The van der Waals surface area contributed by atoms with Gasteiger partial charge >= 0.3 is 5.97 Å². The van der Waals surface area contributed by atoms with Crippen LogP contribution < -0.4 is 5.32 Å². The molecule has 0 aliphatic heterocycles. The van der Waals surface area contributed by atoms with Crippen LogP contribution in [-0.4, -0.2) is 34.3 Å². The van der Waals surface area contributed by atoms with Gasteiger partial charge in [-0.1, -0.05) is 0 Å². The second-order valence-electron chi connectivity index (χ2n) is 3.42. The Hall–Kier alpha value is -1.62. The lowest BCUT2D eigenvalue weighted by molar-refractivity contribution is 0.0691. The van der Waals surface area contributed by atoms with E-state index in [1.807, 2.05) is 0 Å². The number of anilines is 1. The van der Waals surface area contributed by atoms with Crippen molar-refractivity contribution in [2.75, 3.05) is 18.5 Å². The van der Waals surface area contributed by atoms with E-state index in [0.717, 1.165) is 19.3 Å². The number of aliphatic hydroxyl groups is 1. The normalized spacial score (nSPS) is 10.1. The van der Waals surface area contributed by atoms with Crippen LogP contribution in [0.4, 0.5) is 5.69 Å². The summed E-state index contributed by atoms with van der Waals surface area (Å²) < 4.78 is 0. The molecule has 1 heterocycles. The molecule has 1 aromatic heterocycles. The number of nitrogens with one attached hydrogen (secondary N) is 1. The predicted octanol–water partition coefficient (Wildman–Crippen LogP) is 1.35. The summed E-state index contributed by atoms with van der Waals surface area (Å²) in [6.07, 6.45) is 4.06. The molecule has 0 bridgehead atoms. The standard InChI is InChI=1S/C11H16N2O3/c14-8-3-1-2-6-12-9-5-4-7-13-10(9)11(15)16/h4-5,7,12,14H,1-3,6,8H2,(H,15,16). The van der Waals surface area contributed by atoms with Crippen LogP contribution >= 0.6 is 0 Å². The van der Waals surface area contributed by atoms with Crippen molar-refractivity contribution >= 4 is 11.7 Å². The van der Waals surface area contributed by atoms with Crippen LogP contribution in [0.5, 0.6) is 0 Å². The topological polar surface area (TPSA) is 82.5 Å². The maximum absolute atomic E-state index is 10.8. The summed E-state index contributed by atoms with van der Waals surface area (Å²) in [5.41, 5.74) is 0.587. The SMILES string of the molecule is O=C(O)c1ncccc1NCCCCCO. The molecule has 0 fully saturated rings. The number of nitrogens with zero attached hydrogens (tertiary/aromatic N) is 1. The van der Waals surface area contributed by atoms with Gasteiger partial charge < -0.3 is 15.5 Å². The zero-order chi connectivity index (χ0) is 11.8. The van der Waals surface area contributed by atoms with E-state index >= 15 is 0 Å². The summed E-state index contributed by atoms with van der Waals surface area (Å²) in [5, 5.41) is 20.5. The third kappa shape index (κ3) is 3.86. The fourth-order valence-electron chi connectivity index (χ4n) is 1.36. The molecule has 0 radical (unpaired) electrons. The number of aliphatic hydroxyl groups excluding tert-OH is 1. The Morgan fingerprint density at radius 1 is 1.38 bits per heavy atom. The van der Waals surface area contributed by atoms with Crippen molar-refractivity contribution in [1.29, 1.82) is 0 Å². The Bertz CT molecular complexity index is 342. The van der Waals surface area contributed by atoms with Gasteiger partial charge in [0.25, 0.3) is 0 Å². The van der Waals surface area contributed by atoms with Gasteiger partial charge in [0.05, 0.1) is 5.69 Å². The minimum absolute atomic E-state index is 0.0460. The van der Waals surface area contributed by atoms with Crippen LogP contribution in [0.25, 0.3) is 0 Å². The Kier molecular flexibility index (Phi) is 5.28. The first-order chi connectivity index (χ1) is 7.75. The number of aromatic nitrogens is 1. The second-order valence-corrected chi connectivity index (χ2v) is 3.42. The largest absolute Gasteiger partial charge is 0.476 e. The van der Waals surface area contributed by atoms with E-state index < -0.39 is 5.97 Å². The van der Waals surface area contributed by atoms with Crippen molar-refractivity contribution in [1.82, 2.24) is 4.98 Å². The van der Waals surface area contributed by atoms with Crippen molar-refractivity contribution in [3.63, 3.8) is 0 Å². The van der Waals surface area contributed by atoms with E-state index in [-0.39, 0.29) is 12.3 Å². The van der Waals surface area contributed by atoms with Crippen LogP contribution in [0.2, 0.25) is 0 Å². The van der Waals surface area contributed by atoms with Crippen molar-refractivity contribution in [2.45, 2.75) is 19.3 Å². The van der Waals surface area contributed by atoms with Gasteiger partial charge in [0.1, 0.15) is 0 Å². The van der Waals surface area contributed by atoms with Gasteiger partial charge in [-0.05, 0) is 31.4 Å². The van der Waals surface area contributed by atoms with Crippen LogP contribution in [0.3, 0.4) is 0 Å². The predicted molar refractivity (Wildman–Crippen MR) is 60.6 cm³/mol. The van der Waals surface area contributed by atoms with E-state index in [0.29, 0.717) is 12.2 Å². The molecule has 16 heavy (non-hydrogen) atoms. The van der Waals surface area contributed by atoms with E-state index in [1.54, 1.807) is 12.1 Å². The first-order valence-electron chi connectivity index (χ1n) is 5.28. The number of unbranched alkanes of at least 4 members (excludes halogenated alkanes) is 2. The number of carbonyl (C=O) groups is 1. The van der Waals surface area contributed by atoms with E-state index in [1.165, 1.54) is 6.20 Å². The number of hydrogen-bond acceptors (Lipinski definition) is 4. The summed E-state index contributed by atoms with van der Waals surface area (Å²) in [4.78, 5) is 14.6. The van der Waals surface area contributed by atoms with Gasteiger partial charge in [-0.2, -0.15) is 0 Å². The molecule has 0 aliphatic rings. The summed E-state index contributed by atoms with van der Waals surface area (Å²) >= 11 is 0. The summed E-state index contributed by atoms with van der Waals surface area (Å²) in [6, 6.07) is 3.39. The van der Waals surface area contributed by atoms with Gasteiger partial charge in [-0.15, -0.1) is 0 Å². The van der Waals surface area contributed by atoms with E-state index in [4.69, 9.17) is 10.2 Å². The van der Waals surface area contributed by atoms with E-state index in [2.05, 4.69) is 10.3 Å². The molecule has 1 aromatic rings. The first kappa shape index (κ1) is 12.4. The molecule has 0 saturated carbocycles. The van der Waals surface area contributed by atoms with Gasteiger partial charge in [-0.3, -0.25) is 0 Å². The molecule has 0 unspecified atom stereocenters. The molecule has 5 heteroatoms. The minimum atomic E-state index is -1.03. The van der Waals surface area contributed by atoms with Crippen LogP contribution in [-0.2, 0) is 0 Å². The Morgan fingerprint density at radius 3 is 2.88 bits per heavy atom. The summed E-state index contributed by atoms with van der Waals surface area (Å²) in [7, 11) is 0. The molecular formula is C11H16N2O3. The van der Waals surface area contributed by atoms with Gasteiger partial charge in [0.2, 0.25) is 0 Å². The Morgan fingerprint density at radius 2 is 2.19 bits per heavy atom. The number of pyridine rings is 1. The number of hydrogen-bond donors (Lipinski definition) is 3. The fraction of sp³-hybridized carbons (Fsp3) is 0.455. The lowest BCUT2D eigenvalue weighted by Gasteiger charge is -2.07. The molecular weight excluding hydrogens is 208 g/mol. The maximum atomic E-state index is 10.8. The lowest BCUT2D eigenvalue weighted by Crippen LogP contribution is -2.09. The molecule has 5 nitrogen and oxygen atoms in total. The average Bonchev–Trinajstić information content (AvgIpc) is 2.29. The quantitative estimate of drug-likeness (QED) is 0.609. The van der Waals surface area contributed by atoms with Gasteiger partial charge in [0.15, 0.2) is 5.69 Å². The lowest BCUT2D eigenvalue weighted by atomic mass is 10.2. The smallest absolute Gasteiger partial charge is 0.356 e. The van der Waals surface area contributed by atoms with Gasteiger partial charge in [-0.25, -0.2) is 9.78 Å². The molecule has 3 N–H and O–H groups in total. The third-order valence-electron chi connectivity index (χ3n) is 2.16. The van der Waals surface area contributed by atoms with Crippen molar-refractivity contribution in [3.8, 4) is 0 Å². The molecule has 1 rings (SSSR count). The zero-order valence-corrected chi connectivity index (χ0v) is 9.02. The summed E-state index contributed by atoms with van der Waals surface area (Å²) in [6.45, 7) is 0.888.